The smallest absolute Gasteiger partial charge is 0.326 e. The summed E-state index contributed by atoms with van der Waals surface area (Å²) in [6, 6.07) is 5.00. The molecule has 2 N–H and O–H groups in total. The molecule has 0 spiro atoms. The van der Waals surface area contributed by atoms with Crippen molar-refractivity contribution in [3.05, 3.63) is 34.9 Å². The fourth-order valence-electron chi connectivity index (χ4n) is 2.01. The van der Waals surface area contributed by atoms with E-state index < -0.39 is 17.5 Å². The van der Waals surface area contributed by atoms with Crippen LogP contribution in [-0.2, 0) is 5.75 Å². The van der Waals surface area contributed by atoms with Gasteiger partial charge in [0.1, 0.15) is 5.25 Å². The van der Waals surface area contributed by atoms with Crippen LogP contribution < -0.4 is 5.73 Å². The number of nitrogens with two attached hydrogens (primary N) is 1. The molecule has 1 aromatic rings. The second-order valence-electron chi connectivity index (χ2n) is 4.84. The quantitative estimate of drug-likeness (QED) is 0.879. The highest BCUT2D eigenvalue weighted by Gasteiger charge is 2.43. The van der Waals surface area contributed by atoms with Gasteiger partial charge in [0, 0.05) is 11.8 Å². The normalized spacial score (nSPS) is 15.3. The van der Waals surface area contributed by atoms with Crippen molar-refractivity contribution in [2.45, 2.75) is 50.4 Å². The topological polar surface area (TPSA) is 26.0 Å². The second kappa shape index (κ2) is 6.66. The largest absolute Gasteiger partial charge is 0.402 e. The monoisotopic (exact) mass is 291 g/mol. The lowest BCUT2D eigenvalue weighted by Crippen LogP contribution is -2.42. The Morgan fingerprint density at radius 1 is 1.16 bits per heavy atom. The standard InChI is InChI=1S/C14H20F3NS/c1-4-12(18)13(14(15,16)17)19-8-11-6-9(2)5-10(3)7-11/h5-7,12-13H,4,8,18H2,1-3H3. The zero-order valence-corrected chi connectivity index (χ0v) is 12.2. The van der Waals surface area contributed by atoms with E-state index in [1.807, 2.05) is 32.0 Å². The summed E-state index contributed by atoms with van der Waals surface area (Å²) in [5, 5.41) is -1.50. The van der Waals surface area contributed by atoms with Crippen molar-refractivity contribution in [3.63, 3.8) is 0 Å². The summed E-state index contributed by atoms with van der Waals surface area (Å²) >= 11 is 0.882. The number of benzene rings is 1. The molecule has 5 heteroatoms. The van der Waals surface area contributed by atoms with Crippen LogP contribution in [0.15, 0.2) is 18.2 Å². The van der Waals surface area contributed by atoms with Crippen molar-refractivity contribution >= 4 is 11.8 Å². The Bertz CT molecular complexity index is 397. The zero-order chi connectivity index (χ0) is 14.6. The Kier molecular flexibility index (Phi) is 5.74. The van der Waals surface area contributed by atoms with Gasteiger partial charge in [-0.15, -0.1) is 11.8 Å². The third kappa shape index (κ3) is 5.07. The molecule has 0 saturated carbocycles. The van der Waals surface area contributed by atoms with E-state index in [2.05, 4.69) is 0 Å². The Balaban J connectivity index is 2.76. The van der Waals surface area contributed by atoms with Crippen LogP contribution in [0.5, 0.6) is 0 Å². The van der Waals surface area contributed by atoms with Crippen molar-refractivity contribution in [1.29, 1.82) is 0 Å². The van der Waals surface area contributed by atoms with Crippen LogP contribution >= 0.6 is 11.8 Å². The third-order valence-electron chi connectivity index (χ3n) is 2.89. The van der Waals surface area contributed by atoms with Gasteiger partial charge in [-0.3, -0.25) is 0 Å². The fraction of sp³-hybridized carbons (Fsp3) is 0.571. The molecular weight excluding hydrogens is 271 g/mol. The van der Waals surface area contributed by atoms with Crippen LogP contribution in [0.4, 0.5) is 13.2 Å². The minimum atomic E-state index is -4.25. The minimum Gasteiger partial charge on any atom is -0.326 e. The fourth-order valence-corrected chi connectivity index (χ4v) is 3.18. The van der Waals surface area contributed by atoms with Crippen LogP contribution in [0.25, 0.3) is 0 Å². The average Bonchev–Trinajstić information content (AvgIpc) is 2.25. The number of aryl methyl sites for hydroxylation is 2. The first kappa shape index (κ1) is 16.4. The average molecular weight is 291 g/mol. The molecule has 0 radical (unpaired) electrons. The molecule has 0 aliphatic carbocycles. The lowest BCUT2D eigenvalue weighted by Gasteiger charge is -2.25. The van der Waals surface area contributed by atoms with Crippen LogP contribution in [-0.4, -0.2) is 17.5 Å². The molecule has 19 heavy (non-hydrogen) atoms. The molecule has 0 fully saturated rings. The first-order valence-electron chi connectivity index (χ1n) is 6.25. The molecule has 108 valence electrons. The molecule has 2 atom stereocenters. The van der Waals surface area contributed by atoms with Crippen molar-refractivity contribution < 1.29 is 13.2 Å². The number of halogens is 3. The van der Waals surface area contributed by atoms with Gasteiger partial charge in [-0.1, -0.05) is 36.2 Å². The van der Waals surface area contributed by atoms with Gasteiger partial charge in [-0.2, -0.15) is 13.2 Å². The Morgan fingerprint density at radius 2 is 1.68 bits per heavy atom. The van der Waals surface area contributed by atoms with Crippen molar-refractivity contribution in [1.82, 2.24) is 0 Å². The van der Waals surface area contributed by atoms with E-state index in [1.54, 1.807) is 6.92 Å². The number of rotatable bonds is 5. The molecule has 1 aromatic carbocycles. The summed E-state index contributed by atoms with van der Waals surface area (Å²) in [6.07, 6.45) is -3.93. The third-order valence-corrected chi connectivity index (χ3v) is 4.37. The Labute approximate surface area is 116 Å². The lowest BCUT2D eigenvalue weighted by molar-refractivity contribution is -0.132. The molecule has 2 unspecified atom stereocenters. The van der Waals surface area contributed by atoms with Gasteiger partial charge in [-0.05, 0) is 25.8 Å². The van der Waals surface area contributed by atoms with Crippen LogP contribution in [0.3, 0.4) is 0 Å². The highest BCUT2D eigenvalue weighted by atomic mass is 32.2. The summed E-state index contributed by atoms with van der Waals surface area (Å²) in [5.74, 6) is 0.334. The van der Waals surface area contributed by atoms with Crippen LogP contribution in [0.1, 0.15) is 30.0 Å². The van der Waals surface area contributed by atoms with E-state index in [0.29, 0.717) is 12.2 Å². The van der Waals surface area contributed by atoms with Gasteiger partial charge in [0.25, 0.3) is 0 Å². The molecule has 0 bridgehead atoms. The van der Waals surface area contributed by atoms with E-state index in [-0.39, 0.29) is 0 Å². The van der Waals surface area contributed by atoms with Crippen LogP contribution in [0.2, 0.25) is 0 Å². The van der Waals surface area contributed by atoms with E-state index in [9.17, 15) is 13.2 Å². The first-order chi connectivity index (χ1) is 8.74. The highest BCUT2D eigenvalue weighted by molar-refractivity contribution is 7.99. The Morgan fingerprint density at radius 3 is 2.11 bits per heavy atom. The zero-order valence-electron chi connectivity index (χ0n) is 11.4. The van der Waals surface area contributed by atoms with Gasteiger partial charge in [0.05, 0.1) is 0 Å². The van der Waals surface area contributed by atoms with E-state index in [4.69, 9.17) is 5.73 Å². The predicted molar refractivity (Wildman–Crippen MR) is 75.3 cm³/mol. The number of hydrogen-bond donors (Lipinski definition) is 1. The molecule has 0 amide bonds. The molecule has 1 nitrogen and oxygen atoms in total. The van der Waals surface area contributed by atoms with Gasteiger partial charge >= 0.3 is 6.18 Å². The second-order valence-corrected chi connectivity index (χ2v) is 5.97. The molecule has 0 aliphatic heterocycles. The SMILES string of the molecule is CCC(N)C(SCc1cc(C)cc(C)c1)C(F)(F)F. The van der Waals surface area contributed by atoms with E-state index in [0.717, 1.165) is 28.5 Å². The summed E-state index contributed by atoms with van der Waals surface area (Å²) < 4.78 is 38.8. The maximum atomic E-state index is 12.9. The summed E-state index contributed by atoms with van der Waals surface area (Å²) in [7, 11) is 0. The molecule has 0 saturated heterocycles. The summed E-state index contributed by atoms with van der Waals surface area (Å²) in [6.45, 7) is 5.57. The lowest BCUT2D eigenvalue weighted by atomic mass is 10.1. The highest BCUT2D eigenvalue weighted by Crippen LogP contribution is 2.35. The molecule has 0 aromatic heterocycles. The van der Waals surface area contributed by atoms with Crippen molar-refractivity contribution in [2.24, 2.45) is 5.73 Å². The van der Waals surface area contributed by atoms with Gasteiger partial charge < -0.3 is 5.73 Å². The minimum absolute atomic E-state index is 0.323. The number of hydrogen-bond acceptors (Lipinski definition) is 2. The molecule has 0 heterocycles. The molecule has 0 aliphatic rings. The summed E-state index contributed by atoms with van der Waals surface area (Å²) in [5.41, 5.74) is 8.64. The van der Waals surface area contributed by atoms with E-state index >= 15 is 0 Å². The van der Waals surface area contributed by atoms with Gasteiger partial charge in [0.2, 0.25) is 0 Å². The molecular formula is C14H20F3NS. The molecule has 1 rings (SSSR count). The summed E-state index contributed by atoms with van der Waals surface area (Å²) in [4.78, 5) is 0. The van der Waals surface area contributed by atoms with Crippen molar-refractivity contribution in [3.8, 4) is 0 Å². The maximum absolute atomic E-state index is 12.9. The number of alkyl halides is 3. The van der Waals surface area contributed by atoms with Crippen molar-refractivity contribution in [2.75, 3.05) is 0 Å². The van der Waals surface area contributed by atoms with E-state index in [1.165, 1.54) is 0 Å². The van der Waals surface area contributed by atoms with Gasteiger partial charge in [0.15, 0.2) is 0 Å². The van der Waals surface area contributed by atoms with Gasteiger partial charge in [-0.25, -0.2) is 0 Å². The maximum Gasteiger partial charge on any atom is 0.402 e. The van der Waals surface area contributed by atoms with Crippen LogP contribution in [0, 0.1) is 13.8 Å². The first-order valence-corrected chi connectivity index (χ1v) is 7.30. The predicted octanol–water partition coefficient (Wildman–Crippen LogP) is 4.20. The Hall–Kier alpha value is -0.680. The number of thioether (sulfide) groups is 1.